The maximum absolute atomic E-state index is 11.7. The van der Waals surface area contributed by atoms with Crippen molar-refractivity contribution in [3.05, 3.63) is 35.9 Å². The van der Waals surface area contributed by atoms with Crippen molar-refractivity contribution < 1.29 is 9.53 Å². The second kappa shape index (κ2) is 7.26. The fraction of sp³-hybridized carbons (Fsp3) is 0.500. The molecule has 0 bridgehead atoms. The summed E-state index contributed by atoms with van der Waals surface area (Å²) in [6, 6.07) is 9.29. The first-order valence-corrected chi connectivity index (χ1v) is 6.45. The van der Waals surface area contributed by atoms with E-state index in [-0.39, 0.29) is 12.4 Å². The minimum atomic E-state index is 0.0518. The molecule has 0 amide bonds. The summed E-state index contributed by atoms with van der Waals surface area (Å²) in [6.07, 6.45) is 0. The summed E-state index contributed by atoms with van der Waals surface area (Å²) in [5.74, 6) is 0.0518. The minimum absolute atomic E-state index is 0.0518. The van der Waals surface area contributed by atoms with Crippen LogP contribution in [0.4, 0.5) is 0 Å². The van der Waals surface area contributed by atoms with Gasteiger partial charge in [-0.3, -0.25) is 9.69 Å². The van der Waals surface area contributed by atoms with Crippen LogP contribution < -0.4 is 5.32 Å². The van der Waals surface area contributed by atoms with E-state index in [1.165, 1.54) is 0 Å². The Kier molecular flexibility index (Phi) is 5.33. The Morgan fingerprint density at radius 1 is 1.22 bits per heavy atom. The molecular formula is C14H20N2O2. The lowest BCUT2D eigenvalue weighted by molar-refractivity contribution is 0.0689. The molecule has 4 nitrogen and oxygen atoms in total. The van der Waals surface area contributed by atoms with Crippen LogP contribution in [0.15, 0.2) is 30.3 Å². The molecule has 2 rings (SSSR count). The fourth-order valence-electron chi connectivity index (χ4n) is 2.00. The molecule has 1 fully saturated rings. The third-order valence-electron chi connectivity index (χ3n) is 3.09. The van der Waals surface area contributed by atoms with Gasteiger partial charge in [-0.15, -0.1) is 0 Å². The minimum Gasteiger partial charge on any atom is -0.372 e. The number of benzene rings is 1. The van der Waals surface area contributed by atoms with Gasteiger partial charge in [0.05, 0.1) is 6.61 Å². The monoisotopic (exact) mass is 248 g/mol. The smallest absolute Gasteiger partial charge is 0.188 e. The average Bonchev–Trinajstić information content (AvgIpc) is 2.45. The van der Waals surface area contributed by atoms with Crippen LogP contribution in [0.2, 0.25) is 0 Å². The van der Waals surface area contributed by atoms with Gasteiger partial charge in [-0.25, -0.2) is 0 Å². The number of carbonyl (C=O) groups is 1. The highest BCUT2D eigenvalue weighted by Gasteiger charge is 2.09. The van der Waals surface area contributed by atoms with Crippen LogP contribution in [0.25, 0.3) is 0 Å². The number of Topliss-reactive ketones (excluding diaryl/α,β-unsaturated/α-hetero) is 1. The fourth-order valence-corrected chi connectivity index (χ4v) is 2.00. The molecule has 0 aromatic heterocycles. The van der Waals surface area contributed by atoms with Crippen molar-refractivity contribution in [2.45, 2.75) is 0 Å². The van der Waals surface area contributed by atoms with E-state index in [9.17, 15) is 4.79 Å². The molecule has 1 aromatic rings. The van der Waals surface area contributed by atoms with E-state index in [0.717, 1.165) is 38.3 Å². The maximum Gasteiger partial charge on any atom is 0.188 e. The molecule has 1 aliphatic heterocycles. The molecule has 0 atom stereocenters. The summed E-state index contributed by atoms with van der Waals surface area (Å²) in [7, 11) is 0. The van der Waals surface area contributed by atoms with Crippen LogP contribution in [0.1, 0.15) is 10.4 Å². The van der Waals surface area contributed by atoms with Crippen molar-refractivity contribution >= 4 is 5.78 Å². The summed E-state index contributed by atoms with van der Waals surface area (Å²) in [4.78, 5) is 14.1. The van der Waals surface area contributed by atoms with Crippen molar-refractivity contribution in [1.82, 2.24) is 10.2 Å². The summed E-state index contributed by atoms with van der Waals surface area (Å²) < 4.78 is 5.44. The standard InChI is InChI=1S/C14H20N2O2/c17-14(13-4-2-1-3-5-13)12-18-11-10-16-8-6-15-7-9-16/h1-5,15H,6-12H2. The zero-order valence-corrected chi connectivity index (χ0v) is 10.6. The molecule has 18 heavy (non-hydrogen) atoms. The maximum atomic E-state index is 11.7. The second-order valence-corrected chi connectivity index (χ2v) is 4.43. The molecule has 1 aliphatic rings. The molecule has 4 heteroatoms. The summed E-state index contributed by atoms with van der Waals surface area (Å²) in [6.45, 7) is 5.93. The van der Waals surface area contributed by atoms with Crippen molar-refractivity contribution in [2.24, 2.45) is 0 Å². The lowest BCUT2D eigenvalue weighted by Crippen LogP contribution is -2.44. The van der Waals surface area contributed by atoms with Crippen molar-refractivity contribution in [3.8, 4) is 0 Å². The van der Waals surface area contributed by atoms with E-state index in [4.69, 9.17) is 4.74 Å². The van der Waals surface area contributed by atoms with Gasteiger partial charge in [-0.05, 0) is 0 Å². The topological polar surface area (TPSA) is 41.6 Å². The Balaban J connectivity index is 1.62. The molecule has 0 spiro atoms. The van der Waals surface area contributed by atoms with Crippen molar-refractivity contribution in [3.63, 3.8) is 0 Å². The number of rotatable bonds is 6. The van der Waals surface area contributed by atoms with E-state index >= 15 is 0 Å². The molecule has 0 aliphatic carbocycles. The Morgan fingerprint density at radius 2 is 1.94 bits per heavy atom. The lowest BCUT2D eigenvalue weighted by Gasteiger charge is -2.26. The summed E-state index contributed by atoms with van der Waals surface area (Å²) in [5.41, 5.74) is 0.722. The quantitative estimate of drug-likeness (QED) is 0.597. The predicted octanol–water partition coefficient (Wildman–Crippen LogP) is 0.791. The SMILES string of the molecule is O=C(COCCN1CCNCC1)c1ccccc1. The average molecular weight is 248 g/mol. The number of hydrogen-bond acceptors (Lipinski definition) is 4. The van der Waals surface area contributed by atoms with Gasteiger partial charge in [-0.1, -0.05) is 30.3 Å². The Hall–Kier alpha value is -1.23. The third kappa shape index (κ3) is 4.22. The molecule has 1 N–H and O–H groups in total. The summed E-state index contributed by atoms with van der Waals surface area (Å²) in [5, 5.41) is 3.31. The Morgan fingerprint density at radius 3 is 2.67 bits per heavy atom. The first-order valence-electron chi connectivity index (χ1n) is 6.45. The molecule has 1 aromatic carbocycles. The van der Waals surface area contributed by atoms with Crippen LogP contribution in [0, 0.1) is 0 Å². The molecule has 1 heterocycles. The van der Waals surface area contributed by atoms with Crippen LogP contribution in [-0.2, 0) is 4.74 Å². The number of piperazine rings is 1. The Bertz CT molecular complexity index is 361. The van der Waals surface area contributed by atoms with Gasteiger partial charge in [0.25, 0.3) is 0 Å². The highest BCUT2D eigenvalue weighted by atomic mass is 16.5. The number of hydrogen-bond donors (Lipinski definition) is 1. The molecular weight excluding hydrogens is 228 g/mol. The van der Waals surface area contributed by atoms with Gasteiger partial charge in [-0.2, -0.15) is 0 Å². The predicted molar refractivity (Wildman–Crippen MR) is 70.9 cm³/mol. The number of ketones is 1. The van der Waals surface area contributed by atoms with Gasteiger partial charge in [0.1, 0.15) is 6.61 Å². The van der Waals surface area contributed by atoms with Gasteiger partial charge in [0, 0.05) is 38.3 Å². The third-order valence-corrected chi connectivity index (χ3v) is 3.09. The molecule has 98 valence electrons. The zero-order valence-electron chi connectivity index (χ0n) is 10.6. The summed E-state index contributed by atoms with van der Waals surface area (Å²) >= 11 is 0. The van der Waals surface area contributed by atoms with Crippen LogP contribution in [0.5, 0.6) is 0 Å². The van der Waals surface area contributed by atoms with E-state index in [1.54, 1.807) is 0 Å². The number of ether oxygens (including phenoxy) is 1. The highest BCUT2D eigenvalue weighted by molar-refractivity contribution is 5.96. The van der Waals surface area contributed by atoms with E-state index in [1.807, 2.05) is 30.3 Å². The van der Waals surface area contributed by atoms with Crippen molar-refractivity contribution in [2.75, 3.05) is 45.9 Å². The molecule has 0 unspecified atom stereocenters. The normalized spacial score (nSPS) is 16.7. The highest BCUT2D eigenvalue weighted by Crippen LogP contribution is 2.00. The number of carbonyl (C=O) groups excluding carboxylic acids is 1. The van der Waals surface area contributed by atoms with Crippen LogP contribution in [-0.4, -0.2) is 56.6 Å². The molecule has 0 saturated carbocycles. The first kappa shape index (κ1) is 13.2. The molecule has 0 radical (unpaired) electrons. The second-order valence-electron chi connectivity index (χ2n) is 4.43. The molecule has 1 saturated heterocycles. The zero-order chi connectivity index (χ0) is 12.6. The largest absolute Gasteiger partial charge is 0.372 e. The first-order chi connectivity index (χ1) is 8.86. The van der Waals surface area contributed by atoms with Gasteiger partial charge < -0.3 is 10.1 Å². The lowest BCUT2D eigenvalue weighted by atomic mass is 10.1. The van der Waals surface area contributed by atoms with Crippen LogP contribution >= 0.6 is 0 Å². The van der Waals surface area contributed by atoms with E-state index in [2.05, 4.69) is 10.2 Å². The van der Waals surface area contributed by atoms with Gasteiger partial charge in [0.15, 0.2) is 5.78 Å². The number of nitrogens with one attached hydrogen (secondary N) is 1. The van der Waals surface area contributed by atoms with Gasteiger partial charge >= 0.3 is 0 Å². The van der Waals surface area contributed by atoms with E-state index in [0.29, 0.717) is 6.61 Å². The number of nitrogens with zero attached hydrogens (tertiary/aromatic N) is 1. The van der Waals surface area contributed by atoms with Crippen molar-refractivity contribution in [1.29, 1.82) is 0 Å². The Labute approximate surface area is 108 Å². The van der Waals surface area contributed by atoms with E-state index < -0.39 is 0 Å². The van der Waals surface area contributed by atoms with Gasteiger partial charge in [0.2, 0.25) is 0 Å². The van der Waals surface area contributed by atoms with Crippen LogP contribution in [0.3, 0.4) is 0 Å².